The van der Waals surface area contributed by atoms with E-state index in [0.717, 1.165) is 31.5 Å². The van der Waals surface area contributed by atoms with Crippen molar-refractivity contribution in [2.75, 3.05) is 23.4 Å². The lowest BCUT2D eigenvalue weighted by Gasteiger charge is -2.30. The number of hydrogen-bond donors (Lipinski definition) is 1. The quantitative estimate of drug-likeness (QED) is 0.745. The molecule has 1 amide bonds. The van der Waals surface area contributed by atoms with Crippen LogP contribution in [0.25, 0.3) is 0 Å². The Morgan fingerprint density at radius 3 is 2.86 bits per heavy atom. The maximum absolute atomic E-state index is 12.1. The molecule has 0 bridgehead atoms. The number of rotatable bonds is 5. The predicted octanol–water partition coefficient (Wildman–Crippen LogP) is 5.31. The minimum absolute atomic E-state index is 0.429. The molecular weight excluding hydrogens is 364 g/mol. The number of carbonyl (C=O) groups excluding carboxylic acids is 1. The number of anilines is 3. The molecular formula is C23H30N4O2. The molecule has 2 aromatic rings. The van der Waals surface area contributed by atoms with Crippen molar-refractivity contribution in [2.24, 2.45) is 5.92 Å². The van der Waals surface area contributed by atoms with Crippen molar-refractivity contribution in [1.29, 1.82) is 0 Å². The van der Waals surface area contributed by atoms with Crippen molar-refractivity contribution in [1.82, 2.24) is 9.97 Å². The molecule has 1 aliphatic heterocycles. The minimum atomic E-state index is -0.429. The molecule has 1 saturated carbocycles. The third-order valence-corrected chi connectivity index (χ3v) is 6.03. The van der Waals surface area contributed by atoms with Gasteiger partial charge in [-0.2, -0.15) is 0 Å². The number of ether oxygens (including phenoxy) is 1. The highest BCUT2D eigenvalue weighted by Crippen LogP contribution is 2.33. The highest BCUT2D eigenvalue weighted by Gasteiger charge is 2.21. The molecule has 0 spiro atoms. The van der Waals surface area contributed by atoms with Crippen LogP contribution >= 0.6 is 0 Å². The molecule has 4 rings (SSSR count). The van der Waals surface area contributed by atoms with Crippen molar-refractivity contribution in [2.45, 2.75) is 58.8 Å². The Bertz CT molecular complexity index is 877. The lowest BCUT2D eigenvalue weighted by atomic mass is 10.00. The molecule has 2 heterocycles. The van der Waals surface area contributed by atoms with Crippen LogP contribution in [-0.4, -0.2) is 29.2 Å². The summed E-state index contributed by atoms with van der Waals surface area (Å²) in [7, 11) is 0. The minimum Gasteiger partial charge on any atom is -0.449 e. The van der Waals surface area contributed by atoms with Crippen LogP contribution in [0.3, 0.4) is 0 Å². The fourth-order valence-electron chi connectivity index (χ4n) is 4.40. The Hall–Kier alpha value is -2.63. The van der Waals surface area contributed by atoms with Gasteiger partial charge < -0.3 is 9.64 Å². The van der Waals surface area contributed by atoms with E-state index in [-0.39, 0.29) is 0 Å². The standard InChI is InChI=1S/C23H30N4O2/c1-16-9-10-21-19(14-16)8-5-12-27(21)22-24-15-20(17(2)25-22)26-23(28)29-13-11-18-6-3-4-7-18/h9-10,14-15,18H,3-8,11-13H2,1-2H3,(H,26,28). The molecule has 154 valence electrons. The zero-order valence-corrected chi connectivity index (χ0v) is 17.4. The Labute approximate surface area is 172 Å². The first-order chi connectivity index (χ1) is 14.1. The van der Waals surface area contributed by atoms with E-state index in [0.29, 0.717) is 24.2 Å². The van der Waals surface area contributed by atoms with Crippen molar-refractivity contribution < 1.29 is 9.53 Å². The molecule has 1 aromatic heterocycles. The summed E-state index contributed by atoms with van der Waals surface area (Å²) in [6.07, 6.45) is 9.50. The molecule has 1 aliphatic carbocycles. The summed E-state index contributed by atoms with van der Waals surface area (Å²) < 4.78 is 5.35. The maximum Gasteiger partial charge on any atom is 0.411 e. The van der Waals surface area contributed by atoms with Gasteiger partial charge in [-0.05, 0) is 50.7 Å². The molecule has 0 unspecified atom stereocenters. The number of carbonyl (C=O) groups is 1. The third-order valence-electron chi connectivity index (χ3n) is 6.03. The second-order valence-corrected chi connectivity index (χ2v) is 8.26. The van der Waals surface area contributed by atoms with Crippen LogP contribution in [0.4, 0.5) is 22.1 Å². The van der Waals surface area contributed by atoms with Crippen LogP contribution in [0, 0.1) is 19.8 Å². The summed E-state index contributed by atoms with van der Waals surface area (Å²) in [6.45, 7) is 5.37. The molecule has 6 heteroatoms. The van der Waals surface area contributed by atoms with Gasteiger partial charge in [0.2, 0.25) is 5.95 Å². The second kappa shape index (κ2) is 8.80. The summed E-state index contributed by atoms with van der Waals surface area (Å²) in [6, 6.07) is 6.52. The summed E-state index contributed by atoms with van der Waals surface area (Å²) in [5.74, 6) is 1.39. The fraction of sp³-hybridized carbons (Fsp3) is 0.522. The molecule has 0 atom stereocenters. The van der Waals surface area contributed by atoms with Crippen molar-refractivity contribution in [3.63, 3.8) is 0 Å². The van der Waals surface area contributed by atoms with E-state index in [4.69, 9.17) is 4.74 Å². The number of benzene rings is 1. The molecule has 1 N–H and O–H groups in total. The van der Waals surface area contributed by atoms with E-state index >= 15 is 0 Å². The number of hydrogen-bond acceptors (Lipinski definition) is 5. The Morgan fingerprint density at radius 2 is 2.07 bits per heavy atom. The molecule has 6 nitrogen and oxygen atoms in total. The SMILES string of the molecule is Cc1ccc2c(c1)CCCN2c1ncc(NC(=O)OCCC2CCCC2)c(C)n1. The van der Waals surface area contributed by atoms with Crippen LogP contribution in [0.5, 0.6) is 0 Å². The average Bonchev–Trinajstić information content (AvgIpc) is 3.22. The smallest absolute Gasteiger partial charge is 0.411 e. The van der Waals surface area contributed by atoms with Gasteiger partial charge in [0.15, 0.2) is 0 Å². The topological polar surface area (TPSA) is 67.4 Å². The normalized spacial score (nSPS) is 16.6. The van der Waals surface area contributed by atoms with Crippen LogP contribution < -0.4 is 10.2 Å². The molecule has 2 aliphatic rings. The number of amides is 1. The summed E-state index contributed by atoms with van der Waals surface area (Å²) >= 11 is 0. The molecule has 1 aromatic carbocycles. The predicted molar refractivity (Wildman–Crippen MR) is 115 cm³/mol. The van der Waals surface area contributed by atoms with E-state index in [9.17, 15) is 4.79 Å². The maximum atomic E-state index is 12.1. The van der Waals surface area contributed by atoms with Crippen molar-refractivity contribution in [3.8, 4) is 0 Å². The molecule has 1 fully saturated rings. The van der Waals surface area contributed by atoms with E-state index in [1.807, 2.05) is 6.92 Å². The van der Waals surface area contributed by atoms with Gasteiger partial charge in [0, 0.05) is 12.2 Å². The Morgan fingerprint density at radius 1 is 1.24 bits per heavy atom. The van der Waals surface area contributed by atoms with Gasteiger partial charge in [0.25, 0.3) is 0 Å². The third kappa shape index (κ3) is 4.69. The highest BCUT2D eigenvalue weighted by atomic mass is 16.5. The van der Waals surface area contributed by atoms with E-state index in [1.165, 1.54) is 42.5 Å². The van der Waals surface area contributed by atoms with Gasteiger partial charge in [-0.3, -0.25) is 5.32 Å². The summed E-state index contributed by atoms with van der Waals surface area (Å²) in [4.78, 5) is 23.5. The number of aryl methyl sites for hydroxylation is 3. The first-order valence-electron chi connectivity index (χ1n) is 10.7. The number of aromatic nitrogens is 2. The largest absolute Gasteiger partial charge is 0.449 e. The first kappa shape index (κ1) is 19.7. The van der Waals surface area contributed by atoms with E-state index in [1.54, 1.807) is 6.20 Å². The fourth-order valence-corrected chi connectivity index (χ4v) is 4.40. The van der Waals surface area contributed by atoms with Gasteiger partial charge in [0.05, 0.1) is 24.2 Å². The number of fused-ring (bicyclic) bond motifs is 1. The first-order valence-corrected chi connectivity index (χ1v) is 10.7. The average molecular weight is 395 g/mol. The molecule has 29 heavy (non-hydrogen) atoms. The molecule has 0 saturated heterocycles. The van der Waals surface area contributed by atoms with Gasteiger partial charge in [-0.25, -0.2) is 14.8 Å². The molecule has 0 radical (unpaired) electrons. The zero-order valence-electron chi connectivity index (χ0n) is 17.4. The van der Waals surface area contributed by atoms with Crippen LogP contribution in [0.1, 0.15) is 55.3 Å². The monoisotopic (exact) mass is 394 g/mol. The van der Waals surface area contributed by atoms with Crippen LogP contribution in [0.15, 0.2) is 24.4 Å². The Kier molecular flexibility index (Phi) is 5.97. The van der Waals surface area contributed by atoms with Gasteiger partial charge in [0.1, 0.15) is 0 Å². The number of nitrogens with zero attached hydrogens (tertiary/aromatic N) is 3. The van der Waals surface area contributed by atoms with Gasteiger partial charge in [-0.1, -0.05) is 43.4 Å². The van der Waals surface area contributed by atoms with E-state index in [2.05, 4.69) is 45.3 Å². The van der Waals surface area contributed by atoms with Crippen molar-refractivity contribution in [3.05, 3.63) is 41.2 Å². The number of nitrogens with one attached hydrogen (secondary N) is 1. The lowest BCUT2D eigenvalue weighted by Crippen LogP contribution is -2.26. The van der Waals surface area contributed by atoms with Gasteiger partial charge >= 0.3 is 6.09 Å². The highest BCUT2D eigenvalue weighted by molar-refractivity contribution is 5.85. The zero-order chi connectivity index (χ0) is 20.2. The second-order valence-electron chi connectivity index (χ2n) is 8.26. The Balaban J connectivity index is 1.39. The summed E-state index contributed by atoms with van der Waals surface area (Å²) in [5, 5.41) is 2.79. The lowest BCUT2D eigenvalue weighted by molar-refractivity contribution is 0.153. The van der Waals surface area contributed by atoms with Crippen molar-refractivity contribution >= 4 is 23.4 Å². The van der Waals surface area contributed by atoms with Gasteiger partial charge in [-0.15, -0.1) is 0 Å². The van der Waals surface area contributed by atoms with Crippen LogP contribution in [-0.2, 0) is 11.2 Å². The van der Waals surface area contributed by atoms with Crippen LogP contribution in [0.2, 0.25) is 0 Å². The van der Waals surface area contributed by atoms with E-state index < -0.39 is 6.09 Å². The summed E-state index contributed by atoms with van der Waals surface area (Å²) in [5.41, 5.74) is 5.12.